The van der Waals surface area contributed by atoms with Crippen molar-refractivity contribution in [3.8, 4) is 0 Å². The van der Waals surface area contributed by atoms with Gasteiger partial charge in [0.1, 0.15) is 6.04 Å². The van der Waals surface area contributed by atoms with E-state index in [-0.39, 0.29) is 17.7 Å². The number of rotatable bonds is 4. The number of carbonyl (C=O) groups is 2. The zero-order chi connectivity index (χ0) is 12.3. The van der Waals surface area contributed by atoms with Gasteiger partial charge in [-0.1, -0.05) is 13.8 Å². The molecule has 92 valence electrons. The van der Waals surface area contributed by atoms with Gasteiger partial charge in [0.25, 0.3) is 0 Å². The lowest BCUT2D eigenvalue weighted by atomic mass is 10.0. The number of carbonyl (C=O) groups excluding carboxylic acids is 1. The Kier molecular flexibility index (Phi) is 4.29. The highest BCUT2D eigenvalue weighted by Gasteiger charge is 2.30. The third kappa shape index (κ3) is 3.20. The van der Waals surface area contributed by atoms with E-state index in [9.17, 15) is 9.59 Å². The lowest BCUT2D eigenvalue weighted by Gasteiger charge is -2.20. The van der Waals surface area contributed by atoms with Crippen LogP contribution in [0.1, 0.15) is 20.3 Å². The molecule has 5 heteroatoms. The quantitative estimate of drug-likeness (QED) is 0.719. The third-order valence-electron chi connectivity index (χ3n) is 2.99. The van der Waals surface area contributed by atoms with E-state index in [0.29, 0.717) is 0 Å². The van der Waals surface area contributed by atoms with Gasteiger partial charge >= 0.3 is 5.97 Å². The predicted octanol–water partition coefficient (Wildman–Crippen LogP) is 0.164. The maximum absolute atomic E-state index is 11.8. The van der Waals surface area contributed by atoms with Crippen molar-refractivity contribution in [1.82, 2.24) is 10.2 Å². The number of carboxylic acids is 1. The Hall–Kier alpha value is -1.10. The number of amides is 1. The van der Waals surface area contributed by atoms with E-state index < -0.39 is 12.0 Å². The van der Waals surface area contributed by atoms with Crippen LogP contribution in [0.3, 0.4) is 0 Å². The van der Waals surface area contributed by atoms with Gasteiger partial charge in [-0.2, -0.15) is 0 Å². The highest BCUT2D eigenvalue weighted by atomic mass is 16.4. The molecule has 0 aliphatic carbocycles. The van der Waals surface area contributed by atoms with Gasteiger partial charge in [-0.25, -0.2) is 4.79 Å². The fraction of sp³-hybridized carbons (Fsp3) is 0.818. The maximum Gasteiger partial charge on any atom is 0.326 e. The van der Waals surface area contributed by atoms with Crippen LogP contribution < -0.4 is 5.32 Å². The van der Waals surface area contributed by atoms with Crippen LogP contribution in [0.15, 0.2) is 0 Å². The fourth-order valence-corrected chi connectivity index (χ4v) is 1.93. The molecular formula is C11H20N2O3. The molecule has 1 amide bonds. The smallest absolute Gasteiger partial charge is 0.326 e. The molecule has 0 radical (unpaired) electrons. The largest absolute Gasteiger partial charge is 0.480 e. The summed E-state index contributed by atoms with van der Waals surface area (Å²) >= 11 is 0. The molecule has 1 heterocycles. The summed E-state index contributed by atoms with van der Waals surface area (Å²) in [7, 11) is 1.96. The lowest BCUT2D eigenvalue weighted by Crippen LogP contribution is -2.47. The number of carboxylic acid groups (broad SMARTS) is 1. The van der Waals surface area contributed by atoms with Crippen LogP contribution in [0.25, 0.3) is 0 Å². The number of aliphatic carboxylic acids is 1. The molecule has 2 N–H and O–H groups in total. The number of hydrogen-bond acceptors (Lipinski definition) is 3. The van der Waals surface area contributed by atoms with Gasteiger partial charge in [-0.05, 0) is 25.9 Å². The Morgan fingerprint density at radius 3 is 2.44 bits per heavy atom. The van der Waals surface area contributed by atoms with Crippen LogP contribution in [0.4, 0.5) is 0 Å². The summed E-state index contributed by atoms with van der Waals surface area (Å²) in [5, 5.41) is 11.6. The van der Waals surface area contributed by atoms with Crippen molar-refractivity contribution in [3.05, 3.63) is 0 Å². The molecule has 0 saturated carbocycles. The Morgan fingerprint density at radius 2 is 2.06 bits per heavy atom. The molecule has 16 heavy (non-hydrogen) atoms. The van der Waals surface area contributed by atoms with Crippen molar-refractivity contribution < 1.29 is 14.7 Å². The van der Waals surface area contributed by atoms with Crippen molar-refractivity contribution in [1.29, 1.82) is 0 Å². The highest BCUT2D eigenvalue weighted by molar-refractivity contribution is 5.85. The summed E-state index contributed by atoms with van der Waals surface area (Å²) in [5.74, 6) is -1.26. The van der Waals surface area contributed by atoms with E-state index in [4.69, 9.17) is 5.11 Å². The predicted molar refractivity (Wildman–Crippen MR) is 60.0 cm³/mol. The first-order chi connectivity index (χ1) is 7.41. The highest BCUT2D eigenvalue weighted by Crippen LogP contribution is 2.15. The number of nitrogens with one attached hydrogen (secondary N) is 1. The minimum atomic E-state index is -0.963. The van der Waals surface area contributed by atoms with Crippen molar-refractivity contribution in [2.75, 3.05) is 20.1 Å². The molecule has 1 aliphatic rings. The van der Waals surface area contributed by atoms with Crippen LogP contribution in [0.5, 0.6) is 0 Å². The average Bonchev–Trinajstić information content (AvgIpc) is 2.59. The maximum atomic E-state index is 11.8. The zero-order valence-corrected chi connectivity index (χ0v) is 10.1. The Morgan fingerprint density at radius 1 is 1.44 bits per heavy atom. The molecule has 0 aromatic rings. The van der Waals surface area contributed by atoms with Crippen LogP contribution >= 0.6 is 0 Å². The van der Waals surface area contributed by atoms with E-state index in [1.807, 2.05) is 7.05 Å². The standard InChI is InChI=1S/C11H20N2O3/c1-7(2)9(11(15)16)12-10(14)8-4-5-13(3)6-8/h7-9H,4-6H2,1-3H3,(H,12,14)(H,15,16)/t8-,9-/m0/s1. The van der Waals surface area contributed by atoms with Gasteiger partial charge in [-0.3, -0.25) is 4.79 Å². The van der Waals surface area contributed by atoms with Crippen molar-refractivity contribution in [3.63, 3.8) is 0 Å². The average molecular weight is 228 g/mol. The monoisotopic (exact) mass is 228 g/mol. The second-order valence-electron chi connectivity index (χ2n) is 4.82. The molecule has 1 saturated heterocycles. The fourth-order valence-electron chi connectivity index (χ4n) is 1.93. The van der Waals surface area contributed by atoms with E-state index >= 15 is 0 Å². The second-order valence-corrected chi connectivity index (χ2v) is 4.82. The summed E-state index contributed by atoms with van der Waals surface area (Å²) in [6.07, 6.45) is 0.812. The Bertz CT molecular complexity index is 278. The molecule has 0 aromatic heterocycles. The molecule has 0 spiro atoms. The summed E-state index contributed by atoms with van der Waals surface area (Å²) in [6, 6.07) is -0.779. The molecular weight excluding hydrogens is 208 g/mol. The van der Waals surface area contributed by atoms with Gasteiger partial charge in [0.15, 0.2) is 0 Å². The normalized spacial score (nSPS) is 23.4. The van der Waals surface area contributed by atoms with Crippen LogP contribution in [0.2, 0.25) is 0 Å². The topological polar surface area (TPSA) is 69.6 Å². The lowest BCUT2D eigenvalue weighted by molar-refractivity contribution is -0.143. The molecule has 0 bridgehead atoms. The van der Waals surface area contributed by atoms with Crippen molar-refractivity contribution in [2.24, 2.45) is 11.8 Å². The molecule has 0 aromatic carbocycles. The van der Waals surface area contributed by atoms with Crippen molar-refractivity contribution >= 4 is 11.9 Å². The van der Waals surface area contributed by atoms with E-state index in [2.05, 4.69) is 10.2 Å². The van der Waals surface area contributed by atoms with Gasteiger partial charge in [0.05, 0.1) is 5.92 Å². The number of nitrogens with zero attached hydrogens (tertiary/aromatic N) is 1. The SMILES string of the molecule is CC(C)[C@H](NC(=O)[C@H]1CCN(C)C1)C(=O)O. The Balaban J connectivity index is 2.52. The summed E-state index contributed by atoms with van der Waals surface area (Å²) in [5.41, 5.74) is 0. The Labute approximate surface area is 95.8 Å². The van der Waals surface area contributed by atoms with Crippen LogP contribution in [-0.4, -0.2) is 48.1 Å². The molecule has 1 aliphatic heterocycles. The van der Waals surface area contributed by atoms with E-state index in [1.54, 1.807) is 13.8 Å². The zero-order valence-electron chi connectivity index (χ0n) is 10.1. The van der Waals surface area contributed by atoms with Gasteiger partial charge in [0.2, 0.25) is 5.91 Å². The molecule has 1 rings (SSSR count). The first-order valence-corrected chi connectivity index (χ1v) is 5.63. The minimum absolute atomic E-state index is 0.0643. The van der Waals surface area contributed by atoms with Crippen molar-refractivity contribution in [2.45, 2.75) is 26.3 Å². The van der Waals surface area contributed by atoms with Gasteiger partial charge < -0.3 is 15.3 Å². The van der Waals surface area contributed by atoms with Crippen LogP contribution in [0, 0.1) is 11.8 Å². The first-order valence-electron chi connectivity index (χ1n) is 5.63. The first kappa shape index (κ1) is 13.0. The van der Waals surface area contributed by atoms with Gasteiger partial charge in [-0.15, -0.1) is 0 Å². The molecule has 0 unspecified atom stereocenters. The van der Waals surface area contributed by atoms with E-state index in [1.165, 1.54) is 0 Å². The third-order valence-corrected chi connectivity index (χ3v) is 2.99. The molecule has 2 atom stereocenters. The molecule has 5 nitrogen and oxygen atoms in total. The summed E-state index contributed by atoms with van der Waals surface area (Å²) < 4.78 is 0. The van der Waals surface area contributed by atoms with Crippen LogP contribution in [-0.2, 0) is 9.59 Å². The molecule has 1 fully saturated rings. The summed E-state index contributed by atoms with van der Waals surface area (Å²) in [6.45, 7) is 5.20. The van der Waals surface area contributed by atoms with E-state index in [0.717, 1.165) is 19.5 Å². The number of likely N-dealkylation sites (tertiary alicyclic amines) is 1. The van der Waals surface area contributed by atoms with Gasteiger partial charge in [0, 0.05) is 6.54 Å². The number of hydrogen-bond donors (Lipinski definition) is 2. The summed E-state index contributed by atoms with van der Waals surface area (Å²) in [4.78, 5) is 24.8. The second kappa shape index (κ2) is 5.30. The minimum Gasteiger partial charge on any atom is -0.480 e.